The number of anilines is 1. The minimum absolute atomic E-state index is 0.766. The molecule has 0 radical (unpaired) electrons. The number of carbonyl (C=O) groups is 1. The van der Waals surface area contributed by atoms with Gasteiger partial charge in [-0.1, -0.05) is 0 Å². The van der Waals surface area contributed by atoms with Crippen molar-refractivity contribution in [1.29, 1.82) is 0 Å². The fraction of sp³-hybridized carbons (Fsp3) is 0.222. The largest absolute Gasteiger partial charge is 0.497 e. The fourth-order valence-corrected chi connectivity index (χ4v) is 0.878. The van der Waals surface area contributed by atoms with Gasteiger partial charge in [-0.15, -0.1) is 0 Å². The van der Waals surface area contributed by atoms with E-state index in [-0.39, 0.29) is 0 Å². The molecule has 3 nitrogen and oxygen atoms in total. The lowest BCUT2D eigenvalue weighted by Crippen LogP contribution is -2.13. The Bertz CT molecular complexity index is 256. The second-order valence-electron chi connectivity index (χ2n) is 2.41. The lowest BCUT2D eigenvalue weighted by molar-refractivity contribution is -0.107. The predicted octanol–water partition coefficient (Wildman–Crippen LogP) is 1.29. The molecule has 0 atom stereocenters. The quantitative estimate of drug-likeness (QED) is 0.631. The molecule has 0 saturated heterocycles. The van der Waals surface area contributed by atoms with Crippen molar-refractivity contribution >= 4 is 12.1 Å². The van der Waals surface area contributed by atoms with Crippen LogP contribution in [-0.4, -0.2) is 20.6 Å². The van der Waals surface area contributed by atoms with Crippen LogP contribution in [0.3, 0.4) is 0 Å². The molecular formula is C9H11NO2. The summed E-state index contributed by atoms with van der Waals surface area (Å²) in [7, 11) is 3.31. The molecule has 0 spiro atoms. The zero-order chi connectivity index (χ0) is 8.97. The Morgan fingerprint density at radius 3 is 2.33 bits per heavy atom. The number of hydrogen-bond acceptors (Lipinski definition) is 2. The SMILES string of the molecule is COc1ccc(N(C)C=O)cc1. The molecule has 0 fully saturated rings. The Balaban J connectivity index is 2.84. The van der Waals surface area contributed by atoms with Gasteiger partial charge in [0.15, 0.2) is 0 Å². The molecule has 0 saturated carbocycles. The third-order valence-corrected chi connectivity index (χ3v) is 1.64. The zero-order valence-electron chi connectivity index (χ0n) is 7.15. The maximum atomic E-state index is 10.4. The van der Waals surface area contributed by atoms with E-state index in [0.29, 0.717) is 0 Å². The summed E-state index contributed by atoms with van der Waals surface area (Å²) in [4.78, 5) is 11.9. The van der Waals surface area contributed by atoms with Crippen LogP contribution in [0.5, 0.6) is 5.75 Å². The number of nitrogens with zero attached hydrogens (tertiary/aromatic N) is 1. The van der Waals surface area contributed by atoms with Crippen molar-refractivity contribution in [3.8, 4) is 5.75 Å². The maximum Gasteiger partial charge on any atom is 0.213 e. The van der Waals surface area contributed by atoms with Crippen molar-refractivity contribution in [3.05, 3.63) is 24.3 Å². The fourth-order valence-electron chi connectivity index (χ4n) is 0.878. The van der Waals surface area contributed by atoms with Crippen LogP contribution in [0.2, 0.25) is 0 Å². The van der Waals surface area contributed by atoms with Gasteiger partial charge < -0.3 is 9.64 Å². The van der Waals surface area contributed by atoms with Gasteiger partial charge in [0.25, 0.3) is 0 Å². The molecule has 0 N–H and O–H groups in total. The van der Waals surface area contributed by atoms with E-state index in [2.05, 4.69) is 0 Å². The molecule has 1 aromatic rings. The van der Waals surface area contributed by atoms with Crippen molar-refractivity contribution < 1.29 is 9.53 Å². The molecule has 0 aliphatic heterocycles. The Labute approximate surface area is 71.6 Å². The van der Waals surface area contributed by atoms with Crippen LogP contribution in [0.4, 0.5) is 5.69 Å². The highest BCUT2D eigenvalue weighted by Gasteiger charge is 1.97. The van der Waals surface area contributed by atoms with Crippen molar-refractivity contribution in [2.24, 2.45) is 0 Å². The summed E-state index contributed by atoms with van der Waals surface area (Å²) in [6.45, 7) is 0. The summed E-state index contributed by atoms with van der Waals surface area (Å²) in [6.07, 6.45) is 0.766. The Morgan fingerprint density at radius 2 is 1.92 bits per heavy atom. The highest BCUT2D eigenvalue weighted by Crippen LogP contribution is 2.16. The second kappa shape index (κ2) is 3.76. The van der Waals surface area contributed by atoms with Crippen LogP contribution in [0.15, 0.2) is 24.3 Å². The number of benzene rings is 1. The molecule has 0 aliphatic rings. The molecule has 0 heterocycles. The minimum Gasteiger partial charge on any atom is -0.497 e. The molecule has 12 heavy (non-hydrogen) atoms. The Hall–Kier alpha value is -1.51. The number of methoxy groups -OCH3 is 1. The van der Waals surface area contributed by atoms with Crippen LogP contribution in [-0.2, 0) is 4.79 Å². The zero-order valence-corrected chi connectivity index (χ0v) is 7.15. The highest BCUT2D eigenvalue weighted by atomic mass is 16.5. The van der Waals surface area contributed by atoms with E-state index in [1.807, 2.05) is 24.3 Å². The third-order valence-electron chi connectivity index (χ3n) is 1.64. The van der Waals surface area contributed by atoms with Crippen molar-refractivity contribution in [1.82, 2.24) is 0 Å². The van der Waals surface area contributed by atoms with Crippen LogP contribution in [0.25, 0.3) is 0 Å². The van der Waals surface area contributed by atoms with Crippen LogP contribution in [0, 0.1) is 0 Å². The third kappa shape index (κ3) is 1.75. The lowest BCUT2D eigenvalue weighted by atomic mass is 10.3. The summed E-state index contributed by atoms with van der Waals surface area (Å²) in [5, 5.41) is 0. The standard InChI is InChI=1S/C9H11NO2/c1-10(7-11)8-3-5-9(12-2)6-4-8/h3-7H,1-2H3. The van der Waals surface area contributed by atoms with Gasteiger partial charge in [0, 0.05) is 12.7 Å². The number of ether oxygens (including phenoxy) is 1. The van der Waals surface area contributed by atoms with Crippen LogP contribution >= 0.6 is 0 Å². The first-order chi connectivity index (χ1) is 5.77. The van der Waals surface area contributed by atoms with E-state index in [1.165, 1.54) is 4.90 Å². The average Bonchev–Trinajstić information content (AvgIpc) is 2.17. The van der Waals surface area contributed by atoms with Gasteiger partial charge in [0.2, 0.25) is 6.41 Å². The molecule has 1 aromatic carbocycles. The van der Waals surface area contributed by atoms with Gasteiger partial charge >= 0.3 is 0 Å². The lowest BCUT2D eigenvalue weighted by Gasteiger charge is -2.10. The van der Waals surface area contributed by atoms with Crippen molar-refractivity contribution in [2.45, 2.75) is 0 Å². The Morgan fingerprint density at radius 1 is 1.33 bits per heavy atom. The first kappa shape index (κ1) is 8.59. The predicted molar refractivity (Wildman–Crippen MR) is 47.5 cm³/mol. The summed E-state index contributed by atoms with van der Waals surface area (Å²) < 4.78 is 4.98. The topological polar surface area (TPSA) is 29.5 Å². The van der Waals surface area contributed by atoms with Gasteiger partial charge in [-0.05, 0) is 24.3 Å². The van der Waals surface area contributed by atoms with Crippen molar-refractivity contribution in [3.63, 3.8) is 0 Å². The first-order valence-corrected chi connectivity index (χ1v) is 3.60. The monoisotopic (exact) mass is 165 g/mol. The Kier molecular flexibility index (Phi) is 2.69. The molecule has 1 rings (SSSR count). The van der Waals surface area contributed by atoms with E-state index in [0.717, 1.165) is 17.8 Å². The second-order valence-corrected chi connectivity index (χ2v) is 2.41. The summed E-state index contributed by atoms with van der Waals surface area (Å²) in [5.41, 5.74) is 0.853. The molecule has 64 valence electrons. The average molecular weight is 165 g/mol. The van der Waals surface area contributed by atoms with Gasteiger partial charge in [-0.2, -0.15) is 0 Å². The van der Waals surface area contributed by atoms with E-state index < -0.39 is 0 Å². The van der Waals surface area contributed by atoms with Crippen LogP contribution in [0.1, 0.15) is 0 Å². The number of hydrogen-bond donors (Lipinski definition) is 0. The number of amides is 1. The smallest absolute Gasteiger partial charge is 0.213 e. The van der Waals surface area contributed by atoms with Gasteiger partial charge in [-0.3, -0.25) is 4.79 Å². The highest BCUT2D eigenvalue weighted by molar-refractivity contribution is 5.74. The van der Waals surface area contributed by atoms with E-state index in [1.54, 1.807) is 14.2 Å². The minimum atomic E-state index is 0.766. The van der Waals surface area contributed by atoms with Crippen molar-refractivity contribution in [2.75, 3.05) is 19.1 Å². The van der Waals surface area contributed by atoms with Crippen LogP contribution < -0.4 is 9.64 Å². The van der Waals surface area contributed by atoms with E-state index >= 15 is 0 Å². The van der Waals surface area contributed by atoms with E-state index in [9.17, 15) is 4.79 Å². The van der Waals surface area contributed by atoms with Gasteiger partial charge in [0.05, 0.1) is 7.11 Å². The molecule has 0 aromatic heterocycles. The number of rotatable bonds is 3. The number of carbonyl (C=O) groups excluding carboxylic acids is 1. The normalized spacial score (nSPS) is 9.17. The molecule has 0 unspecified atom stereocenters. The summed E-state index contributed by atoms with van der Waals surface area (Å²) in [5.74, 6) is 0.790. The molecule has 3 heteroatoms. The molecule has 1 amide bonds. The maximum absolute atomic E-state index is 10.4. The molecular weight excluding hydrogens is 154 g/mol. The van der Waals surface area contributed by atoms with Gasteiger partial charge in [-0.25, -0.2) is 0 Å². The first-order valence-electron chi connectivity index (χ1n) is 3.60. The van der Waals surface area contributed by atoms with E-state index in [4.69, 9.17) is 4.74 Å². The van der Waals surface area contributed by atoms with Gasteiger partial charge in [0.1, 0.15) is 5.75 Å². The molecule has 0 bridgehead atoms. The molecule has 0 aliphatic carbocycles. The summed E-state index contributed by atoms with van der Waals surface area (Å²) in [6, 6.07) is 7.28. The summed E-state index contributed by atoms with van der Waals surface area (Å²) >= 11 is 0.